The minimum absolute atomic E-state index is 0.214. The van der Waals surface area contributed by atoms with E-state index in [1.807, 2.05) is 55.5 Å². The smallest absolute Gasteiger partial charge is 0.338 e. The molecule has 0 fully saturated rings. The van der Waals surface area contributed by atoms with Crippen molar-refractivity contribution in [3.63, 3.8) is 0 Å². The average Bonchev–Trinajstić information content (AvgIpc) is 2.80. The largest absolute Gasteiger partial charge is 0.478 e. The van der Waals surface area contributed by atoms with Gasteiger partial charge in [-0.2, -0.15) is 0 Å². The van der Waals surface area contributed by atoms with Crippen LogP contribution in [0.3, 0.4) is 0 Å². The van der Waals surface area contributed by atoms with E-state index in [1.54, 1.807) is 25.1 Å². The van der Waals surface area contributed by atoms with E-state index in [2.05, 4.69) is 5.32 Å². The first-order valence-corrected chi connectivity index (χ1v) is 12.4. The van der Waals surface area contributed by atoms with Crippen LogP contribution in [0.1, 0.15) is 35.3 Å². The van der Waals surface area contributed by atoms with Crippen LogP contribution >= 0.6 is 11.9 Å². The van der Waals surface area contributed by atoms with Crippen molar-refractivity contribution >= 4 is 17.9 Å². The summed E-state index contributed by atoms with van der Waals surface area (Å²) in [6.45, 7) is 6.56. The Kier molecular flexibility index (Phi) is 9.24. The van der Waals surface area contributed by atoms with Crippen molar-refractivity contribution in [1.29, 1.82) is 0 Å². The Balaban J connectivity index is 1.54. The number of aryl methyl sites for hydroxylation is 1. The van der Waals surface area contributed by atoms with E-state index in [4.69, 9.17) is 5.11 Å². The van der Waals surface area contributed by atoms with Crippen molar-refractivity contribution in [1.82, 2.24) is 9.62 Å². The highest BCUT2D eigenvalue weighted by molar-refractivity contribution is 7.97. The normalized spacial score (nSPS) is 12.7. The number of carbonyl (C=O) groups is 1. The highest BCUT2D eigenvalue weighted by atomic mass is 32.2. The molecule has 1 unspecified atom stereocenters. The number of nitrogens with one attached hydrogen (secondary N) is 1. The summed E-state index contributed by atoms with van der Waals surface area (Å²) in [6.07, 6.45) is -0.000113. The molecular weight excluding hydrogens is 482 g/mol. The van der Waals surface area contributed by atoms with E-state index < -0.39 is 17.9 Å². The van der Waals surface area contributed by atoms with Crippen LogP contribution in [0, 0.1) is 18.6 Å². The first kappa shape index (κ1) is 27.8. The Morgan fingerprint density at radius 2 is 1.78 bits per heavy atom. The molecule has 0 amide bonds. The summed E-state index contributed by atoms with van der Waals surface area (Å²) in [5, 5.41) is 23.0. The van der Waals surface area contributed by atoms with Crippen LogP contribution in [0.4, 0.5) is 8.78 Å². The molecule has 0 aliphatic heterocycles. The number of halogens is 2. The molecule has 0 saturated carbocycles. The minimum atomic E-state index is -1.30. The number of rotatable bonds is 11. The first-order valence-electron chi connectivity index (χ1n) is 11.6. The minimum Gasteiger partial charge on any atom is -0.478 e. The van der Waals surface area contributed by atoms with Crippen molar-refractivity contribution in [2.24, 2.45) is 0 Å². The average molecular weight is 515 g/mol. The topological polar surface area (TPSA) is 72.8 Å². The Morgan fingerprint density at radius 1 is 1.06 bits per heavy atom. The van der Waals surface area contributed by atoms with Gasteiger partial charge in [0.25, 0.3) is 0 Å². The van der Waals surface area contributed by atoms with Crippen molar-refractivity contribution in [3.05, 3.63) is 89.0 Å². The van der Waals surface area contributed by atoms with Crippen LogP contribution in [0.2, 0.25) is 0 Å². The van der Waals surface area contributed by atoms with Crippen LogP contribution in [0.15, 0.2) is 65.6 Å². The van der Waals surface area contributed by atoms with Crippen LogP contribution in [-0.2, 0) is 6.42 Å². The number of benzene rings is 3. The number of hydrogen-bond acceptors (Lipinski definition) is 5. The summed E-state index contributed by atoms with van der Waals surface area (Å²) in [5.41, 5.74) is 2.18. The van der Waals surface area contributed by atoms with E-state index in [9.17, 15) is 18.7 Å². The number of carboxylic acid groups (broad SMARTS) is 1. The molecule has 3 rings (SSSR count). The van der Waals surface area contributed by atoms with Gasteiger partial charge in [0.15, 0.2) is 0 Å². The number of aliphatic hydroxyl groups is 1. The van der Waals surface area contributed by atoms with Crippen LogP contribution < -0.4 is 5.32 Å². The van der Waals surface area contributed by atoms with Crippen molar-refractivity contribution in [3.8, 4) is 11.1 Å². The number of β-amino-alcohol motifs (C(OH)–C–C–N with tert-alkyl or cyclic N) is 1. The number of likely N-dealkylation sites (N-methyl/N-ethyl adjacent to an activating group) is 1. The third-order valence-electron chi connectivity index (χ3n) is 5.79. The molecule has 0 radical (unpaired) electrons. The van der Waals surface area contributed by atoms with Gasteiger partial charge < -0.3 is 15.5 Å². The summed E-state index contributed by atoms with van der Waals surface area (Å²) in [5.74, 6) is -2.29. The summed E-state index contributed by atoms with van der Waals surface area (Å²) in [4.78, 5) is 12.0. The highest BCUT2D eigenvalue weighted by Crippen LogP contribution is 2.28. The van der Waals surface area contributed by atoms with Gasteiger partial charge in [-0.1, -0.05) is 30.3 Å². The molecule has 0 spiro atoms. The molecule has 1 atom stereocenters. The zero-order valence-electron chi connectivity index (χ0n) is 20.9. The molecule has 36 heavy (non-hydrogen) atoms. The van der Waals surface area contributed by atoms with Gasteiger partial charge in [-0.15, -0.1) is 0 Å². The third kappa shape index (κ3) is 7.86. The number of carboxylic acids is 1. The fraction of sp³-hybridized carbons (Fsp3) is 0.321. The summed E-state index contributed by atoms with van der Waals surface area (Å²) < 4.78 is 29.9. The van der Waals surface area contributed by atoms with E-state index >= 15 is 0 Å². The first-order chi connectivity index (χ1) is 16.9. The molecular formula is C28H32F2N2O3S. The van der Waals surface area contributed by atoms with Gasteiger partial charge in [-0.05, 0) is 98.8 Å². The van der Waals surface area contributed by atoms with Gasteiger partial charge >= 0.3 is 5.97 Å². The van der Waals surface area contributed by atoms with Gasteiger partial charge in [-0.25, -0.2) is 17.9 Å². The Labute approximate surface area is 215 Å². The molecule has 0 aliphatic rings. The molecule has 0 saturated heterocycles. The predicted octanol–water partition coefficient (Wildman–Crippen LogP) is 5.55. The standard InChI is InChI=1S/C28H32F2N2O3S/c1-18-8-9-19(12-25(18)29)15-28(2,3)31-16-22(33)17-32(4)36-23-7-5-6-20(13-23)21-10-11-24(27(34)35)26(30)14-21/h5-14,22,31,33H,15-17H2,1-4H3,(H,34,35). The van der Waals surface area contributed by atoms with E-state index in [1.165, 1.54) is 24.1 Å². The fourth-order valence-corrected chi connectivity index (χ4v) is 4.82. The van der Waals surface area contributed by atoms with Gasteiger partial charge in [-0.3, -0.25) is 0 Å². The molecule has 5 nitrogen and oxygen atoms in total. The lowest BCUT2D eigenvalue weighted by atomic mass is 9.94. The monoisotopic (exact) mass is 514 g/mol. The van der Waals surface area contributed by atoms with Gasteiger partial charge in [0.2, 0.25) is 0 Å². The van der Waals surface area contributed by atoms with Crippen molar-refractivity contribution in [2.75, 3.05) is 20.1 Å². The molecule has 3 aromatic rings. The Hall–Kier alpha value is -2.78. The molecule has 192 valence electrons. The van der Waals surface area contributed by atoms with Gasteiger partial charge in [0.05, 0.1) is 11.7 Å². The van der Waals surface area contributed by atoms with Crippen LogP contribution in [0.25, 0.3) is 11.1 Å². The maximum absolute atomic E-state index is 14.1. The summed E-state index contributed by atoms with van der Waals surface area (Å²) in [7, 11) is 1.88. The summed E-state index contributed by atoms with van der Waals surface area (Å²) >= 11 is 1.45. The highest BCUT2D eigenvalue weighted by Gasteiger charge is 2.20. The van der Waals surface area contributed by atoms with Gasteiger partial charge in [0, 0.05) is 23.5 Å². The van der Waals surface area contributed by atoms with E-state index in [0.717, 1.165) is 16.0 Å². The molecule has 3 N–H and O–H groups in total. The second-order valence-corrected chi connectivity index (χ2v) is 10.9. The zero-order chi connectivity index (χ0) is 26.5. The lowest BCUT2D eigenvalue weighted by Crippen LogP contribution is -2.46. The van der Waals surface area contributed by atoms with Crippen LogP contribution in [0.5, 0.6) is 0 Å². The van der Waals surface area contributed by atoms with Crippen molar-refractivity contribution < 1.29 is 23.8 Å². The number of nitrogens with zero attached hydrogens (tertiary/aromatic N) is 1. The fourth-order valence-electron chi connectivity index (χ4n) is 3.89. The maximum atomic E-state index is 14.1. The second kappa shape index (κ2) is 12.0. The molecule has 0 heterocycles. The Morgan fingerprint density at radius 3 is 2.44 bits per heavy atom. The number of aliphatic hydroxyl groups excluding tert-OH is 1. The SMILES string of the molecule is Cc1ccc(CC(C)(C)NCC(O)CN(C)Sc2cccc(-c3ccc(C(=O)O)c(F)c3)c2)cc1F. The van der Waals surface area contributed by atoms with E-state index in [0.29, 0.717) is 30.6 Å². The lowest BCUT2D eigenvalue weighted by Gasteiger charge is -2.29. The quantitative estimate of drug-likeness (QED) is 0.292. The molecule has 8 heteroatoms. The predicted molar refractivity (Wildman–Crippen MR) is 140 cm³/mol. The molecule has 0 aliphatic carbocycles. The van der Waals surface area contributed by atoms with Gasteiger partial charge in [0.1, 0.15) is 11.6 Å². The molecule has 0 bridgehead atoms. The Bertz CT molecular complexity index is 1220. The lowest BCUT2D eigenvalue weighted by molar-refractivity contribution is 0.0692. The number of aromatic carboxylic acids is 1. The van der Waals surface area contributed by atoms with Crippen LogP contribution in [-0.4, -0.2) is 52.3 Å². The molecule has 0 aromatic heterocycles. The summed E-state index contributed by atoms with van der Waals surface area (Å²) in [6, 6.07) is 16.8. The van der Waals surface area contributed by atoms with E-state index in [-0.39, 0.29) is 16.9 Å². The second-order valence-electron chi connectivity index (χ2n) is 9.61. The van der Waals surface area contributed by atoms with Crippen molar-refractivity contribution in [2.45, 2.75) is 43.7 Å². The zero-order valence-corrected chi connectivity index (χ0v) is 21.7. The maximum Gasteiger partial charge on any atom is 0.338 e. The molecule has 3 aromatic carbocycles. The number of hydrogen-bond donors (Lipinski definition) is 3. The third-order valence-corrected chi connectivity index (χ3v) is 6.72.